The Hall–Kier alpha value is -0.420. The first-order chi connectivity index (χ1) is 10.4. The Morgan fingerprint density at radius 1 is 1.10 bits per heavy atom. The van der Waals surface area contributed by atoms with Crippen LogP contribution in [-0.2, 0) is 6.42 Å². The SMILES string of the molecule is c1cc(CCNCCN2CCN(C3CCCC3)CC2)cs1. The summed E-state index contributed by atoms with van der Waals surface area (Å²) in [6, 6.07) is 3.14. The molecule has 118 valence electrons. The Balaban J connectivity index is 1.24. The van der Waals surface area contributed by atoms with E-state index in [0.717, 1.165) is 19.1 Å². The second-order valence-corrected chi connectivity index (χ2v) is 7.23. The van der Waals surface area contributed by atoms with Crippen molar-refractivity contribution in [1.82, 2.24) is 15.1 Å². The van der Waals surface area contributed by atoms with Crippen molar-refractivity contribution < 1.29 is 0 Å². The highest BCUT2D eigenvalue weighted by molar-refractivity contribution is 7.07. The zero-order valence-electron chi connectivity index (χ0n) is 13.1. The van der Waals surface area contributed by atoms with E-state index in [-0.39, 0.29) is 0 Å². The molecule has 0 bridgehead atoms. The Morgan fingerprint density at radius 3 is 2.62 bits per heavy atom. The molecule has 0 aromatic carbocycles. The Morgan fingerprint density at radius 2 is 1.90 bits per heavy atom. The van der Waals surface area contributed by atoms with Gasteiger partial charge in [0, 0.05) is 45.3 Å². The van der Waals surface area contributed by atoms with Gasteiger partial charge in [-0.1, -0.05) is 12.8 Å². The van der Waals surface area contributed by atoms with Crippen LogP contribution >= 0.6 is 11.3 Å². The van der Waals surface area contributed by atoms with Gasteiger partial charge in [-0.2, -0.15) is 11.3 Å². The highest BCUT2D eigenvalue weighted by Gasteiger charge is 2.25. The van der Waals surface area contributed by atoms with Crippen LogP contribution in [0.4, 0.5) is 0 Å². The van der Waals surface area contributed by atoms with Crippen LogP contribution in [0.3, 0.4) is 0 Å². The largest absolute Gasteiger partial charge is 0.315 e. The maximum Gasteiger partial charge on any atom is 0.0113 e. The van der Waals surface area contributed by atoms with Crippen LogP contribution in [0.1, 0.15) is 31.2 Å². The molecule has 1 aliphatic heterocycles. The number of hydrogen-bond donors (Lipinski definition) is 1. The third-order valence-corrected chi connectivity index (χ3v) is 5.76. The fourth-order valence-corrected chi connectivity index (χ4v) is 4.35. The molecular weight excluding hydrogens is 278 g/mol. The molecular formula is C17H29N3S. The molecule has 0 unspecified atom stereocenters. The Bertz CT molecular complexity index is 379. The first kappa shape index (κ1) is 15.5. The Labute approximate surface area is 133 Å². The fraction of sp³-hybridized carbons (Fsp3) is 0.765. The lowest BCUT2D eigenvalue weighted by atomic mass is 10.2. The summed E-state index contributed by atoms with van der Waals surface area (Å²) in [5, 5.41) is 8.01. The highest BCUT2D eigenvalue weighted by atomic mass is 32.1. The molecule has 1 aromatic rings. The van der Waals surface area contributed by atoms with Crippen molar-refractivity contribution in [2.45, 2.75) is 38.1 Å². The van der Waals surface area contributed by atoms with Gasteiger partial charge in [0.25, 0.3) is 0 Å². The van der Waals surface area contributed by atoms with E-state index in [4.69, 9.17) is 0 Å². The van der Waals surface area contributed by atoms with Gasteiger partial charge in [0.2, 0.25) is 0 Å². The summed E-state index contributed by atoms with van der Waals surface area (Å²) in [5.74, 6) is 0. The van der Waals surface area contributed by atoms with Crippen molar-refractivity contribution in [3.63, 3.8) is 0 Å². The number of hydrogen-bond acceptors (Lipinski definition) is 4. The van der Waals surface area contributed by atoms with Crippen molar-refractivity contribution in [1.29, 1.82) is 0 Å². The summed E-state index contributed by atoms with van der Waals surface area (Å²) in [6.07, 6.45) is 6.98. The van der Waals surface area contributed by atoms with Crippen LogP contribution in [-0.4, -0.2) is 61.7 Å². The fourth-order valence-electron chi connectivity index (χ4n) is 3.65. The molecule has 1 aliphatic carbocycles. The molecule has 0 radical (unpaired) electrons. The molecule has 1 saturated carbocycles. The van der Waals surface area contributed by atoms with Gasteiger partial charge in [-0.15, -0.1) is 0 Å². The number of nitrogens with zero attached hydrogens (tertiary/aromatic N) is 2. The molecule has 4 heteroatoms. The molecule has 1 aromatic heterocycles. The summed E-state index contributed by atoms with van der Waals surface area (Å²) >= 11 is 1.80. The van der Waals surface area contributed by atoms with E-state index in [2.05, 4.69) is 31.9 Å². The predicted molar refractivity (Wildman–Crippen MR) is 91.2 cm³/mol. The van der Waals surface area contributed by atoms with Gasteiger partial charge in [-0.3, -0.25) is 9.80 Å². The van der Waals surface area contributed by atoms with Crippen molar-refractivity contribution in [2.24, 2.45) is 0 Å². The maximum absolute atomic E-state index is 3.59. The lowest BCUT2D eigenvalue weighted by Crippen LogP contribution is -2.50. The van der Waals surface area contributed by atoms with E-state index in [9.17, 15) is 0 Å². The molecule has 0 spiro atoms. The van der Waals surface area contributed by atoms with E-state index in [1.807, 2.05) is 0 Å². The van der Waals surface area contributed by atoms with Crippen molar-refractivity contribution >= 4 is 11.3 Å². The lowest BCUT2D eigenvalue weighted by Gasteiger charge is -2.38. The summed E-state index contributed by atoms with van der Waals surface area (Å²) in [5.41, 5.74) is 1.47. The van der Waals surface area contributed by atoms with Gasteiger partial charge in [-0.25, -0.2) is 0 Å². The third kappa shape index (κ3) is 4.78. The molecule has 21 heavy (non-hydrogen) atoms. The normalized spacial score (nSPS) is 22.1. The van der Waals surface area contributed by atoms with Gasteiger partial charge < -0.3 is 5.32 Å². The molecule has 0 atom stereocenters. The van der Waals surface area contributed by atoms with Crippen molar-refractivity contribution in [2.75, 3.05) is 45.8 Å². The van der Waals surface area contributed by atoms with E-state index in [0.29, 0.717) is 0 Å². The second-order valence-electron chi connectivity index (χ2n) is 6.45. The molecule has 2 aliphatic rings. The molecule has 0 amide bonds. The Kier molecular flexibility index (Phi) is 6.10. The maximum atomic E-state index is 3.59. The number of rotatable bonds is 7. The zero-order chi connectivity index (χ0) is 14.3. The van der Waals surface area contributed by atoms with E-state index < -0.39 is 0 Å². The van der Waals surface area contributed by atoms with Crippen LogP contribution in [0.2, 0.25) is 0 Å². The molecule has 3 nitrogen and oxygen atoms in total. The molecule has 2 fully saturated rings. The van der Waals surface area contributed by atoms with Crippen LogP contribution in [0.5, 0.6) is 0 Å². The van der Waals surface area contributed by atoms with Crippen LogP contribution < -0.4 is 5.32 Å². The van der Waals surface area contributed by atoms with Crippen LogP contribution in [0.15, 0.2) is 16.8 Å². The highest BCUT2D eigenvalue weighted by Crippen LogP contribution is 2.24. The van der Waals surface area contributed by atoms with E-state index in [1.165, 1.54) is 70.4 Å². The minimum atomic E-state index is 0.913. The summed E-state index contributed by atoms with van der Waals surface area (Å²) in [6.45, 7) is 8.57. The van der Waals surface area contributed by atoms with Crippen LogP contribution in [0.25, 0.3) is 0 Å². The minimum Gasteiger partial charge on any atom is -0.315 e. The van der Waals surface area contributed by atoms with Crippen molar-refractivity contribution in [3.05, 3.63) is 22.4 Å². The smallest absolute Gasteiger partial charge is 0.0113 e. The zero-order valence-corrected chi connectivity index (χ0v) is 13.9. The molecule has 3 rings (SSSR count). The van der Waals surface area contributed by atoms with Gasteiger partial charge in [-0.05, 0) is 48.2 Å². The van der Waals surface area contributed by atoms with Gasteiger partial charge in [0.1, 0.15) is 0 Å². The first-order valence-electron chi connectivity index (χ1n) is 8.60. The second kappa shape index (κ2) is 8.28. The monoisotopic (exact) mass is 307 g/mol. The lowest BCUT2D eigenvalue weighted by molar-refractivity contribution is 0.0985. The predicted octanol–water partition coefficient (Wildman–Crippen LogP) is 2.44. The average molecular weight is 308 g/mol. The first-order valence-corrected chi connectivity index (χ1v) is 9.54. The van der Waals surface area contributed by atoms with E-state index >= 15 is 0 Å². The van der Waals surface area contributed by atoms with Crippen LogP contribution in [0, 0.1) is 0 Å². The quantitative estimate of drug-likeness (QED) is 0.781. The van der Waals surface area contributed by atoms with Gasteiger partial charge in [0.05, 0.1) is 0 Å². The van der Waals surface area contributed by atoms with Gasteiger partial charge >= 0.3 is 0 Å². The molecule has 2 heterocycles. The van der Waals surface area contributed by atoms with Crippen molar-refractivity contribution in [3.8, 4) is 0 Å². The number of nitrogens with one attached hydrogen (secondary N) is 1. The number of piperazine rings is 1. The standard InChI is InChI=1S/C17H29N3S/c1-2-4-17(3-1)20-12-10-19(11-13-20)9-8-18-7-5-16-6-14-21-15-16/h6,14-15,17-18H,1-5,7-13H2. The third-order valence-electron chi connectivity index (χ3n) is 5.02. The van der Waals surface area contributed by atoms with E-state index in [1.54, 1.807) is 11.3 Å². The topological polar surface area (TPSA) is 18.5 Å². The number of thiophene rings is 1. The summed E-state index contributed by atoms with van der Waals surface area (Å²) in [7, 11) is 0. The van der Waals surface area contributed by atoms with Gasteiger partial charge in [0.15, 0.2) is 0 Å². The summed E-state index contributed by atoms with van der Waals surface area (Å²) < 4.78 is 0. The average Bonchev–Trinajstić information content (AvgIpc) is 3.21. The molecule has 1 N–H and O–H groups in total. The summed E-state index contributed by atoms with van der Waals surface area (Å²) in [4.78, 5) is 5.37. The molecule has 1 saturated heterocycles. The minimum absolute atomic E-state index is 0.913.